The second kappa shape index (κ2) is 7.59. The van der Waals surface area contributed by atoms with Crippen molar-refractivity contribution in [2.75, 3.05) is 24.3 Å². The Morgan fingerprint density at radius 2 is 1.83 bits per heavy atom. The largest absolute Gasteiger partial charge is 0.460 e. The number of anilines is 2. The summed E-state index contributed by atoms with van der Waals surface area (Å²) in [5, 5.41) is 4.57. The summed E-state index contributed by atoms with van der Waals surface area (Å²) in [4.78, 5) is 27.0. The summed E-state index contributed by atoms with van der Waals surface area (Å²) in [6.07, 6.45) is 1.50. The molecule has 146 valence electrons. The van der Waals surface area contributed by atoms with Crippen molar-refractivity contribution in [3.05, 3.63) is 65.9 Å². The zero-order valence-electron chi connectivity index (χ0n) is 16.1. The van der Waals surface area contributed by atoms with Crippen LogP contribution in [0, 0.1) is 0 Å². The van der Waals surface area contributed by atoms with Crippen LogP contribution in [0.15, 0.2) is 59.2 Å². The van der Waals surface area contributed by atoms with E-state index >= 15 is 0 Å². The van der Waals surface area contributed by atoms with Crippen molar-refractivity contribution < 1.29 is 9.21 Å². The van der Waals surface area contributed by atoms with E-state index in [1.54, 1.807) is 17.0 Å². The molecule has 0 aliphatic carbocycles. The van der Waals surface area contributed by atoms with Gasteiger partial charge >= 0.3 is 0 Å². The van der Waals surface area contributed by atoms with Gasteiger partial charge in [-0.1, -0.05) is 42.5 Å². The monoisotopic (exact) mass is 388 g/mol. The molecular weight excluding hydrogens is 368 g/mol. The van der Waals surface area contributed by atoms with Gasteiger partial charge in [-0.05, 0) is 11.6 Å². The lowest BCUT2D eigenvalue weighted by molar-refractivity contribution is 0.100. The van der Waals surface area contributed by atoms with E-state index in [-0.39, 0.29) is 0 Å². The molecular formula is C21H20N6O2. The van der Waals surface area contributed by atoms with E-state index < -0.39 is 5.91 Å². The first-order valence-electron chi connectivity index (χ1n) is 9.04. The summed E-state index contributed by atoms with van der Waals surface area (Å²) in [5.74, 6) is 1.23. The number of nitrogens with one attached hydrogen (secondary N) is 1. The molecule has 0 saturated heterocycles. The van der Waals surface area contributed by atoms with Gasteiger partial charge < -0.3 is 20.4 Å². The Bertz CT molecular complexity index is 1170. The van der Waals surface area contributed by atoms with Crippen LogP contribution in [0.4, 0.5) is 11.9 Å². The third kappa shape index (κ3) is 3.73. The minimum absolute atomic E-state index is 0.371. The number of aromatic nitrogens is 3. The molecule has 0 bridgehead atoms. The Labute approximate surface area is 167 Å². The molecule has 0 atom stereocenters. The number of benzene rings is 2. The van der Waals surface area contributed by atoms with Gasteiger partial charge in [-0.25, -0.2) is 0 Å². The molecule has 1 amide bonds. The molecule has 4 rings (SSSR count). The van der Waals surface area contributed by atoms with Crippen LogP contribution in [0.25, 0.3) is 22.4 Å². The number of fused-ring (bicyclic) bond motifs is 1. The smallest absolute Gasteiger partial charge is 0.249 e. The number of hydrogen-bond donors (Lipinski definition) is 2. The van der Waals surface area contributed by atoms with E-state index in [0.717, 1.165) is 5.56 Å². The van der Waals surface area contributed by atoms with Crippen LogP contribution in [-0.4, -0.2) is 35.0 Å². The number of furan rings is 1. The van der Waals surface area contributed by atoms with Crippen molar-refractivity contribution in [1.82, 2.24) is 15.0 Å². The summed E-state index contributed by atoms with van der Waals surface area (Å²) in [7, 11) is 3.71. The summed E-state index contributed by atoms with van der Waals surface area (Å²) in [6.45, 7) is 0.571. The average Bonchev–Trinajstić information content (AvgIpc) is 3.17. The van der Waals surface area contributed by atoms with Crippen molar-refractivity contribution in [1.29, 1.82) is 0 Å². The summed E-state index contributed by atoms with van der Waals surface area (Å²) in [5.41, 5.74) is 6.97. The number of nitrogens with two attached hydrogens (primary N) is 1. The van der Waals surface area contributed by atoms with Crippen LogP contribution >= 0.6 is 0 Å². The average molecular weight is 388 g/mol. The van der Waals surface area contributed by atoms with E-state index in [1.807, 2.05) is 50.5 Å². The topological polar surface area (TPSA) is 110 Å². The van der Waals surface area contributed by atoms with E-state index in [4.69, 9.17) is 10.2 Å². The van der Waals surface area contributed by atoms with Crippen molar-refractivity contribution in [2.45, 2.75) is 6.54 Å². The van der Waals surface area contributed by atoms with Gasteiger partial charge in [0.05, 0.1) is 5.56 Å². The highest BCUT2D eigenvalue weighted by molar-refractivity contribution is 6.08. The fourth-order valence-corrected chi connectivity index (χ4v) is 2.98. The van der Waals surface area contributed by atoms with Crippen LogP contribution < -0.4 is 16.0 Å². The molecule has 0 fully saturated rings. The SMILES string of the molecule is CN(C)c1nc(NCc2ccccc2)nc(-c2occ3c(C(N)=O)cccc23)n1. The van der Waals surface area contributed by atoms with Gasteiger partial charge in [0.2, 0.25) is 23.6 Å². The second-order valence-electron chi connectivity index (χ2n) is 6.71. The number of primary amides is 1. The zero-order chi connectivity index (χ0) is 20.4. The van der Waals surface area contributed by atoms with Gasteiger partial charge in [-0.2, -0.15) is 15.0 Å². The first-order chi connectivity index (χ1) is 14.0. The normalized spacial score (nSPS) is 10.8. The Morgan fingerprint density at radius 3 is 2.55 bits per heavy atom. The van der Waals surface area contributed by atoms with Gasteiger partial charge in [-0.15, -0.1) is 0 Å². The number of carbonyl (C=O) groups is 1. The maximum Gasteiger partial charge on any atom is 0.249 e. The number of carbonyl (C=O) groups excluding carboxylic acids is 1. The Balaban J connectivity index is 1.75. The summed E-state index contributed by atoms with van der Waals surface area (Å²) < 4.78 is 5.74. The Hall–Kier alpha value is -3.94. The molecule has 0 aliphatic heterocycles. The predicted octanol–water partition coefficient (Wildman–Crippen LogP) is 3.06. The van der Waals surface area contributed by atoms with Gasteiger partial charge in [0, 0.05) is 31.4 Å². The lowest BCUT2D eigenvalue weighted by atomic mass is 10.1. The molecule has 2 heterocycles. The molecule has 8 nitrogen and oxygen atoms in total. The maximum absolute atomic E-state index is 11.7. The quantitative estimate of drug-likeness (QED) is 0.522. The number of hydrogen-bond acceptors (Lipinski definition) is 7. The highest BCUT2D eigenvalue weighted by Gasteiger charge is 2.18. The van der Waals surface area contributed by atoms with Crippen LogP contribution in [0.5, 0.6) is 0 Å². The fraction of sp³-hybridized carbons (Fsp3) is 0.143. The van der Waals surface area contributed by atoms with Crippen molar-refractivity contribution >= 4 is 28.6 Å². The Kier molecular flexibility index (Phi) is 4.82. The molecule has 29 heavy (non-hydrogen) atoms. The van der Waals surface area contributed by atoms with Gasteiger partial charge in [-0.3, -0.25) is 4.79 Å². The van der Waals surface area contributed by atoms with Gasteiger partial charge in [0.1, 0.15) is 6.26 Å². The third-order valence-corrected chi connectivity index (χ3v) is 4.43. The maximum atomic E-state index is 11.7. The number of amides is 1. The summed E-state index contributed by atoms with van der Waals surface area (Å²) in [6, 6.07) is 15.2. The highest BCUT2D eigenvalue weighted by atomic mass is 16.3. The molecule has 8 heteroatoms. The minimum atomic E-state index is -0.516. The number of nitrogens with zero attached hydrogens (tertiary/aromatic N) is 4. The molecule has 0 saturated carbocycles. The molecule has 0 aliphatic rings. The van der Waals surface area contributed by atoms with E-state index in [1.165, 1.54) is 6.26 Å². The molecule has 0 radical (unpaired) electrons. The second-order valence-corrected chi connectivity index (χ2v) is 6.71. The first kappa shape index (κ1) is 18.4. The molecule has 4 aromatic rings. The fourth-order valence-electron chi connectivity index (χ4n) is 2.98. The first-order valence-corrected chi connectivity index (χ1v) is 9.04. The van der Waals surface area contributed by atoms with Crippen LogP contribution in [0.2, 0.25) is 0 Å². The van der Waals surface area contributed by atoms with Gasteiger partial charge in [0.25, 0.3) is 0 Å². The van der Waals surface area contributed by atoms with E-state index in [9.17, 15) is 4.79 Å². The molecule has 2 aromatic heterocycles. The van der Waals surface area contributed by atoms with Crippen LogP contribution in [0.1, 0.15) is 15.9 Å². The molecule has 0 unspecified atom stereocenters. The predicted molar refractivity (Wildman–Crippen MR) is 112 cm³/mol. The van der Waals surface area contributed by atoms with Crippen LogP contribution in [0.3, 0.4) is 0 Å². The van der Waals surface area contributed by atoms with E-state index in [2.05, 4.69) is 20.3 Å². The minimum Gasteiger partial charge on any atom is -0.460 e. The number of rotatable bonds is 6. The summed E-state index contributed by atoms with van der Waals surface area (Å²) >= 11 is 0. The lowest BCUT2D eigenvalue weighted by Gasteiger charge is -2.13. The molecule has 0 spiro atoms. The van der Waals surface area contributed by atoms with Gasteiger partial charge in [0.15, 0.2) is 5.76 Å². The molecule has 3 N–H and O–H groups in total. The van der Waals surface area contributed by atoms with Crippen molar-refractivity contribution in [3.63, 3.8) is 0 Å². The Morgan fingerprint density at radius 1 is 1.03 bits per heavy atom. The zero-order valence-corrected chi connectivity index (χ0v) is 16.1. The van der Waals surface area contributed by atoms with Crippen LogP contribution in [-0.2, 0) is 6.54 Å². The highest BCUT2D eigenvalue weighted by Crippen LogP contribution is 2.31. The van der Waals surface area contributed by atoms with Crippen molar-refractivity contribution in [2.24, 2.45) is 5.73 Å². The third-order valence-electron chi connectivity index (χ3n) is 4.43. The standard InChI is InChI=1S/C21H20N6O2/c1-27(2)21-25-19(24-20(26-21)23-11-13-7-4-3-5-8-13)17-14-9-6-10-15(18(22)28)16(14)12-29-17/h3-10,12H,11H2,1-2H3,(H2,22,28)(H,23,24,25,26). The molecule has 2 aromatic carbocycles. The lowest BCUT2D eigenvalue weighted by Crippen LogP contribution is -2.16. The van der Waals surface area contributed by atoms with E-state index in [0.29, 0.717) is 46.4 Å². The van der Waals surface area contributed by atoms with Crippen molar-refractivity contribution in [3.8, 4) is 11.6 Å².